The topological polar surface area (TPSA) is 101 Å². The molecule has 0 radical (unpaired) electrons. The third kappa shape index (κ3) is 6.21. The first kappa shape index (κ1) is 21.1. The SMILES string of the molecule is COc1ccccc1NC(=O)N/N=C/c1ccc(OCC(=O)N2CCOCC2)cc1. The van der Waals surface area contributed by atoms with Gasteiger partial charge < -0.3 is 24.4 Å². The average molecular weight is 412 g/mol. The van der Waals surface area contributed by atoms with E-state index in [1.165, 1.54) is 13.3 Å². The van der Waals surface area contributed by atoms with E-state index in [4.69, 9.17) is 14.2 Å². The molecule has 0 aliphatic carbocycles. The van der Waals surface area contributed by atoms with Crippen LogP contribution in [0.4, 0.5) is 10.5 Å². The molecule has 1 aliphatic rings. The molecule has 0 aromatic heterocycles. The molecule has 0 unspecified atom stereocenters. The predicted octanol–water partition coefficient (Wildman–Crippen LogP) is 2.09. The predicted molar refractivity (Wildman–Crippen MR) is 112 cm³/mol. The highest BCUT2D eigenvalue weighted by atomic mass is 16.5. The standard InChI is InChI=1S/C21H24N4O5/c1-28-19-5-3-2-4-18(19)23-21(27)24-22-14-16-6-8-17(9-7-16)30-15-20(26)25-10-12-29-13-11-25/h2-9,14H,10-13,15H2,1H3,(H2,23,24,27)/b22-14+. The Balaban J connectivity index is 1.43. The molecule has 0 bridgehead atoms. The zero-order valence-corrected chi connectivity index (χ0v) is 16.7. The van der Waals surface area contributed by atoms with E-state index in [1.54, 1.807) is 47.4 Å². The molecule has 30 heavy (non-hydrogen) atoms. The Morgan fingerprint density at radius 2 is 1.87 bits per heavy atom. The molecular formula is C21H24N4O5. The minimum Gasteiger partial charge on any atom is -0.495 e. The zero-order valence-electron chi connectivity index (χ0n) is 16.7. The number of nitrogens with zero attached hydrogens (tertiary/aromatic N) is 2. The second kappa shape index (κ2) is 10.8. The smallest absolute Gasteiger partial charge is 0.339 e. The monoisotopic (exact) mass is 412 g/mol. The third-order valence-electron chi connectivity index (χ3n) is 4.34. The van der Waals surface area contributed by atoms with Gasteiger partial charge in [0.1, 0.15) is 11.5 Å². The van der Waals surface area contributed by atoms with E-state index in [2.05, 4.69) is 15.8 Å². The molecule has 3 amide bonds. The fourth-order valence-corrected chi connectivity index (χ4v) is 2.76. The van der Waals surface area contributed by atoms with Crippen molar-refractivity contribution in [3.8, 4) is 11.5 Å². The van der Waals surface area contributed by atoms with E-state index in [0.717, 1.165) is 5.56 Å². The number of para-hydroxylation sites is 2. The van der Waals surface area contributed by atoms with Crippen LogP contribution in [0.15, 0.2) is 53.6 Å². The Kier molecular flexibility index (Phi) is 7.62. The van der Waals surface area contributed by atoms with Gasteiger partial charge in [-0.3, -0.25) is 4.79 Å². The maximum atomic E-state index is 12.1. The first-order valence-electron chi connectivity index (χ1n) is 9.47. The molecule has 9 heteroatoms. The van der Waals surface area contributed by atoms with Crippen LogP contribution in [0.2, 0.25) is 0 Å². The summed E-state index contributed by atoms with van der Waals surface area (Å²) < 4.78 is 15.9. The molecule has 1 fully saturated rings. The lowest BCUT2D eigenvalue weighted by Crippen LogP contribution is -2.42. The molecule has 1 aliphatic heterocycles. The molecule has 3 rings (SSSR count). The Bertz CT molecular complexity index is 879. The molecule has 0 atom stereocenters. The van der Waals surface area contributed by atoms with Crippen molar-refractivity contribution in [2.75, 3.05) is 45.3 Å². The third-order valence-corrected chi connectivity index (χ3v) is 4.34. The second-order valence-corrected chi connectivity index (χ2v) is 6.38. The maximum absolute atomic E-state index is 12.1. The molecule has 0 spiro atoms. The fraction of sp³-hybridized carbons (Fsp3) is 0.286. The van der Waals surface area contributed by atoms with Gasteiger partial charge in [-0.05, 0) is 42.0 Å². The number of carbonyl (C=O) groups is 2. The van der Waals surface area contributed by atoms with Crippen LogP contribution in [0.3, 0.4) is 0 Å². The van der Waals surface area contributed by atoms with E-state index < -0.39 is 6.03 Å². The molecule has 9 nitrogen and oxygen atoms in total. The van der Waals surface area contributed by atoms with Crippen molar-refractivity contribution in [1.29, 1.82) is 0 Å². The lowest BCUT2D eigenvalue weighted by atomic mass is 10.2. The zero-order chi connectivity index (χ0) is 21.2. The van der Waals surface area contributed by atoms with Gasteiger partial charge >= 0.3 is 6.03 Å². The molecule has 1 saturated heterocycles. The lowest BCUT2D eigenvalue weighted by Gasteiger charge is -2.26. The van der Waals surface area contributed by atoms with Gasteiger partial charge in [-0.25, -0.2) is 10.2 Å². The van der Waals surface area contributed by atoms with Crippen molar-refractivity contribution in [1.82, 2.24) is 10.3 Å². The number of ether oxygens (including phenoxy) is 3. The van der Waals surface area contributed by atoms with Crippen LogP contribution in [-0.4, -0.2) is 63.1 Å². The minimum atomic E-state index is -0.489. The Hall–Kier alpha value is -3.59. The first-order chi connectivity index (χ1) is 14.7. The van der Waals surface area contributed by atoms with Crippen molar-refractivity contribution < 1.29 is 23.8 Å². The summed E-state index contributed by atoms with van der Waals surface area (Å²) in [6.45, 7) is 2.29. The number of rotatable bonds is 7. The number of anilines is 1. The lowest BCUT2D eigenvalue weighted by molar-refractivity contribution is -0.137. The molecule has 1 heterocycles. The van der Waals surface area contributed by atoms with Crippen LogP contribution < -0.4 is 20.2 Å². The van der Waals surface area contributed by atoms with Crippen LogP contribution in [0.5, 0.6) is 11.5 Å². The van der Waals surface area contributed by atoms with Gasteiger partial charge in [0.15, 0.2) is 6.61 Å². The Morgan fingerprint density at radius 1 is 1.13 bits per heavy atom. The largest absolute Gasteiger partial charge is 0.495 e. The number of morpholine rings is 1. The van der Waals surface area contributed by atoms with Crippen LogP contribution in [0.25, 0.3) is 0 Å². The first-order valence-corrected chi connectivity index (χ1v) is 9.47. The van der Waals surface area contributed by atoms with E-state index >= 15 is 0 Å². The van der Waals surface area contributed by atoms with Crippen molar-refractivity contribution in [3.05, 3.63) is 54.1 Å². The summed E-state index contributed by atoms with van der Waals surface area (Å²) in [4.78, 5) is 25.8. The summed E-state index contributed by atoms with van der Waals surface area (Å²) in [5.41, 5.74) is 3.70. The number of methoxy groups -OCH3 is 1. The van der Waals surface area contributed by atoms with Gasteiger partial charge in [0.05, 0.1) is 32.2 Å². The number of amides is 3. The highest BCUT2D eigenvalue weighted by molar-refractivity contribution is 5.91. The number of hydrogen-bond donors (Lipinski definition) is 2. The van der Waals surface area contributed by atoms with Crippen LogP contribution in [-0.2, 0) is 9.53 Å². The Morgan fingerprint density at radius 3 is 2.60 bits per heavy atom. The van der Waals surface area contributed by atoms with Crippen LogP contribution in [0.1, 0.15) is 5.56 Å². The number of carbonyl (C=O) groups excluding carboxylic acids is 2. The Labute approximate surface area is 174 Å². The van der Waals surface area contributed by atoms with Crippen molar-refractivity contribution in [2.24, 2.45) is 5.10 Å². The molecule has 0 saturated carbocycles. The number of urea groups is 1. The molecule has 2 N–H and O–H groups in total. The molecule has 2 aromatic carbocycles. The molecular weight excluding hydrogens is 388 g/mol. The maximum Gasteiger partial charge on any atom is 0.339 e. The number of benzene rings is 2. The van der Waals surface area contributed by atoms with Gasteiger partial charge in [-0.2, -0.15) is 5.10 Å². The van der Waals surface area contributed by atoms with Crippen molar-refractivity contribution in [2.45, 2.75) is 0 Å². The normalized spacial score (nSPS) is 13.7. The number of hydrogen-bond acceptors (Lipinski definition) is 6. The van der Waals surface area contributed by atoms with Gasteiger partial charge in [-0.1, -0.05) is 12.1 Å². The van der Waals surface area contributed by atoms with Gasteiger partial charge in [-0.15, -0.1) is 0 Å². The minimum absolute atomic E-state index is 0.0158. The van der Waals surface area contributed by atoms with Crippen molar-refractivity contribution in [3.63, 3.8) is 0 Å². The van der Waals surface area contributed by atoms with E-state index in [-0.39, 0.29) is 12.5 Å². The van der Waals surface area contributed by atoms with Crippen molar-refractivity contribution >= 4 is 23.8 Å². The van der Waals surface area contributed by atoms with Gasteiger partial charge in [0.25, 0.3) is 5.91 Å². The molecule has 158 valence electrons. The van der Waals surface area contributed by atoms with E-state index in [0.29, 0.717) is 43.5 Å². The van der Waals surface area contributed by atoms with E-state index in [9.17, 15) is 9.59 Å². The van der Waals surface area contributed by atoms with Gasteiger partial charge in [0, 0.05) is 13.1 Å². The average Bonchev–Trinajstić information content (AvgIpc) is 2.79. The quantitative estimate of drug-likeness (QED) is 0.536. The summed E-state index contributed by atoms with van der Waals surface area (Å²) in [5, 5.41) is 6.58. The molecule has 2 aromatic rings. The number of nitrogens with one attached hydrogen (secondary N) is 2. The summed E-state index contributed by atoms with van der Waals surface area (Å²) >= 11 is 0. The highest BCUT2D eigenvalue weighted by Gasteiger charge is 2.17. The second-order valence-electron chi connectivity index (χ2n) is 6.38. The summed E-state index contributed by atoms with van der Waals surface area (Å²) in [7, 11) is 1.53. The summed E-state index contributed by atoms with van der Waals surface area (Å²) in [6, 6.07) is 13.6. The summed E-state index contributed by atoms with van der Waals surface area (Å²) in [6.07, 6.45) is 1.50. The fourth-order valence-electron chi connectivity index (χ4n) is 2.76. The van der Waals surface area contributed by atoms with Gasteiger partial charge in [0.2, 0.25) is 0 Å². The van der Waals surface area contributed by atoms with E-state index in [1.807, 2.05) is 6.07 Å². The van der Waals surface area contributed by atoms with Crippen LogP contribution in [0, 0.1) is 0 Å². The summed E-state index contributed by atoms with van der Waals surface area (Å²) in [5.74, 6) is 1.07. The van der Waals surface area contributed by atoms with Crippen LogP contribution >= 0.6 is 0 Å². The number of hydrazone groups is 1. The highest BCUT2D eigenvalue weighted by Crippen LogP contribution is 2.22.